The van der Waals surface area contributed by atoms with Gasteiger partial charge in [0.1, 0.15) is 24.5 Å². The predicted octanol–water partition coefficient (Wildman–Crippen LogP) is 3.04. The molecule has 0 N–H and O–H groups in total. The minimum atomic E-state index is -0.286. The van der Waals surface area contributed by atoms with Crippen LogP contribution in [0.4, 0.5) is 4.79 Å². The SMILES string of the molecule is C=CCN(CC1Cc2cc(Cl)cc(Cl)c2O1)C(=O)n1cncn1. The van der Waals surface area contributed by atoms with Gasteiger partial charge in [0.2, 0.25) is 0 Å². The van der Waals surface area contributed by atoms with Gasteiger partial charge in [0.15, 0.2) is 0 Å². The van der Waals surface area contributed by atoms with Gasteiger partial charge < -0.3 is 9.64 Å². The Morgan fingerprint density at radius 3 is 3.04 bits per heavy atom. The Labute approximate surface area is 143 Å². The summed E-state index contributed by atoms with van der Waals surface area (Å²) in [7, 11) is 0. The largest absolute Gasteiger partial charge is 0.486 e. The summed E-state index contributed by atoms with van der Waals surface area (Å²) in [5.74, 6) is 0.632. The monoisotopic (exact) mass is 352 g/mol. The maximum Gasteiger partial charge on any atom is 0.346 e. The molecule has 0 saturated carbocycles. The number of carbonyl (C=O) groups excluding carboxylic acids is 1. The summed E-state index contributed by atoms with van der Waals surface area (Å²) in [6.07, 6.45) is 4.76. The number of hydrogen-bond donors (Lipinski definition) is 0. The number of halogens is 2. The molecule has 120 valence electrons. The van der Waals surface area contributed by atoms with Crippen LogP contribution in [0.3, 0.4) is 0 Å². The first-order valence-electron chi connectivity index (χ1n) is 6.98. The molecule has 0 radical (unpaired) electrons. The Kier molecular flexibility index (Phi) is 4.54. The lowest BCUT2D eigenvalue weighted by Gasteiger charge is -2.23. The van der Waals surface area contributed by atoms with Crippen LogP contribution in [-0.2, 0) is 6.42 Å². The van der Waals surface area contributed by atoms with Crippen molar-refractivity contribution in [2.24, 2.45) is 0 Å². The van der Waals surface area contributed by atoms with Crippen molar-refractivity contribution in [3.63, 3.8) is 0 Å². The van der Waals surface area contributed by atoms with Crippen molar-refractivity contribution >= 4 is 29.2 Å². The maximum atomic E-state index is 12.4. The van der Waals surface area contributed by atoms with E-state index < -0.39 is 0 Å². The Morgan fingerprint density at radius 1 is 1.52 bits per heavy atom. The van der Waals surface area contributed by atoms with Crippen LogP contribution in [0.25, 0.3) is 0 Å². The first-order valence-corrected chi connectivity index (χ1v) is 7.73. The van der Waals surface area contributed by atoms with Crippen LogP contribution in [0.1, 0.15) is 5.56 Å². The molecule has 1 aliphatic rings. The van der Waals surface area contributed by atoms with Crippen LogP contribution >= 0.6 is 23.2 Å². The van der Waals surface area contributed by atoms with E-state index >= 15 is 0 Å². The zero-order chi connectivity index (χ0) is 16.4. The van der Waals surface area contributed by atoms with Crippen molar-refractivity contribution < 1.29 is 9.53 Å². The topological polar surface area (TPSA) is 60.2 Å². The first kappa shape index (κ1) is 15.8. The van der Waals surface area contributed by atoms with E-state index in [1.165, 1.54) is 17.3 Å². The van der Waals surface area contributed by atoms with Gasteiger partial charge in [-0.1, -0.05) is 29.3 Å². The summed E-state index contributed by atoms with van der Waals surface area (Å²) in [4.78, 5) is 17.8. The van der Waals surface area contributed by atoms with Crippen molar-refractivity contribution in [3.8, 4) is 5.75 Å². The Bertz CT molecular complexity index is 733. The molecule has 1 aromatic heterocycles. The van der Waals surface area contributed by atoms with Crippen LogP contribution in [0, 0.1) is 0 Å². The third-order valence-electron chi connectivity index (χ3n) is 3.48. The molecule has 1 aromatic carbocycles. The van der Waals surface area contributed by atoms with Crippen molar-refractivity contribution in [2.75, 3.05) is 13.1 Å². The molecule has 1 unspecified atom stereocenters. The third kappa shape index (κ3) is 3.33. The molecule has 2 aromatic rings. The average molecular weight is 353 g/mol. The van der Waals surface area contributed by atoms with Crippen LogP contribution < -0.4 is 4.74 Å². The highest BCUT2D eigenvalue weighted by molar-refractivity contribution is 6.35. The van der Waals surface area contributed by atoms with Crippen LogP contribution in [-0.4, -0.2) is 44.9 Å². The number of ether oxygens (including phenoxy) is 1. The Hall–Kier alpha value is -2.05. The lowest BCUT2D eigenvalue weighted by atomic mass is 10.1. The van der Waals surface area contributed by atoms with Gasteiger partial charge in [0.05, 0.1) is 11.6 Å². The van der Waals surface area contributed by atoms with Gasteiger partial charge in [-0.05, 0) is 12.1 Å². The minimum absolute atomic E-state index is 0.201. The summed E-state index contributed by atoms with van der Waals surface area (Å²) >= 11 is 12.2. The number of fused-ring (bicyclic) bond motifs is 1. The molecule has 3 rings (SSSR count). The molecule has 1 amide bonds. The summed E-state index contributed by atoms with van der Waals surface area (Å²) in [6, 6.07) is 3.19. The molecule has 23 heavy (non-hydrogen) atoms. The van der Waals surface area contributed by atoms with E-state index in [-0.39, 0.29) is 12.1 Å². The summed E-state index contributed by atoms with van der Waals surface area (Å²) < 4.78 is 7.05. The number of rotatable bonds is 4. The fourth-order valence-electron chi connectivity index (χ4n) is 2.54. The molecular weight excluding hydrogens is 339 g/mol. The second-order valence-corrected chi connectivity index (χ2v) is 5.98. The fourth-order valence-corrected chi connectivity index (χ4v) is 3.12. The van der Waals surface area contributed by atoms with E-state index in [0.29, 0.717) is 35.3 Å². The second-order valence-electron chi connectivity index (χ2n) is 5.14. The normalized spacial score (nSPS) is 15.8. The molecule has 0 spiro atoms. The van der Waals surface area contributed by atoms with Crippen molar-refractivity contribution in [3.05, 3.63) is 53.1 Å². The average Bonchev–Trinajstić information content (AvgIpc) is 3.15. The maximum absolute atomic E-state index is 12.4. The van der Waals surface area contributed by atoms with Crippen molar-refractivity contribution in [1.29, 1.82) is 0 Å². The smallest absolute Gasteiger partial charge is 0.346 e. The highest BCUT2D eigenvalue weighted by Gasteiger charge is 2.29. The molecule has 0 bridgehead atoms. The van der Waals surface area contributed by atoms with E-state index in [2.05, 4.69) is 16.7 Å². The van der Waals surface area contributed by atoms with Gasteiger partial charge in [0.25, 0.3) is 0 Å². The molecule has 8 heteroatoms. The van der Waals surface area contributed by atoms with Gasteiger partial charge in [-0.2, -0.15) is 9.78 Å². The quantitative estimate of drug-likeness (QED) is 0.793. The highest BCUT2D eigenvalue weighted by Crippen LogP contribution is 2.38. The Balaban J connectivity index is 1.74. The first-order chi connectivity index (χ1) is 11.1. The lowest BCUT2D eigenvalue weighted by molar-refractivity contribution is 0.156. The zero-order valence-corrected chi connectivity index (χ0v) is 13.7. The summed E-state index contributed by atoms with van der Waals surface area (Å²) in [5, 5.41) is 4.91. The van der Waals surface area contributed by atoms with E-state index in [1.54, 1.807) is 17.0 Å². The number of aromatic nitrogens is 3. The molecule has 1 aliphatic heterocycles. The molecule has 0 aliphatic carbocycles. The van der Waals surface area contributed by atoms with Gasteiger partial charge >= 0.3 is 6.03 Å². The molecule has 6 nitrogen and oxygen atoms in total. The number of nitrogens with zero attached hydrogens (tertiary/aromatic N) is 4. The van der Waals surface area contributed by atoms with Gasteiger partial charge in [-0.3, -0.25) is 0 Å². The summed E-state index contributed by atoms with van der Waals surface area (Å²) in [5.41, 5.74) is 0.944. The number of hydrogen-bond acceptors (Lipinski definition) is 4. The molecule has 0 fully saturated rings. The standard InChI is InChI=1S/C15H14Cl2N4O2/c1-2-3-20(15(22)21-9-18-8-19-21)7-12-5-10-4-11(16)6-13(17)14(10)23-12/h2,4,6,8-9,12H,1,3,5,7H2. The van der Waals surface area contributed by atoms with Crippen LogP contribution in [0.2, 0.25) is 10.0 Å². The second kappa shape index (κ2) is 6.60. The number of amides is 1. The minimum Gasteiger partial charge on any atom is -0.486 e. The lowest BCUT2D eigenvalue weighted by Crippen LogP contribution is -2.41. The third-order valence-corrected chi connectivity index (χ3v) is 3.98. The van der Waals surface area contributed by atoms with Crippen LogP contribution in [0.15, 0.2) is 37.4 Å². The number of carbonyl (C=O) groups is 1. The molecule has 0 saturated heterocycles. The predicted molar refractivity (Wildman–Crippen MR) is 87.2 cm³/mol. The molecule has 1 atom stereocenters. The van der Waals surface area contributed by atoms with Gasteiger partial charge in [-0.15, -0.1) is 6.58 Å². The van der Waals surface area contributed by atoms with Crippen molar-refractivity contribution in [2.45, 2.75) is 12.5 Å². The Morgan fingerprint density at radius 2 is 2.35 bits per heavy atom. The molecular formula is C15H14Cl2N4O2. The van der Waals surface area contributed by atoms with Gasteiger partial charge in [-0.25, -0.2) is 9.78 Å². The highest BCUT2D eigenvalue weighted by atomic mass is 35.5. The van der Waals surface area contributed by atoms with E-state index in [4.69, 9.17) is 27.9 Å². The number of benzene rings is 1. The zero-order valence-electron chi connectivity index (χ0n) is 12.2. The van der Waals surface area contributed by atoms with Crippen molar-refractivity contribution in [1.82, 2.24) is 19.7 Å². The molecule has 2 heterocycles. The van der Waals surface area contributed by atoms with E-state index in [0.717, 1.165) is 5.56 Å². The summed E-state index contributed by atoms with van der Waals surface area (Å²) in [6.45, 7) is 4.45. The van der Waals surface area contributed by atoms with E-state index in [9.17, 15) is 4.79 Å². The van der Waals surface area contributed by atoms with E-state index in [1.807, 2.05) is 6.07 Å². The van der Waals surface area contributed by atoms with Gasteiger partial charge in [0, 0.05) is 23.6 Å². The van der Waals surface area contributed by atoms with Crippen LogP contribution in [0.5, 0.6) is 5.75 Å². The fraction of sp³-hybridized carbons (Fsp3) is 0.267.